The Hall–Kier alpha value is -1.84. The second-order valence-electron chi connectivity index (χ2n) is 9.57. The highest BCUT2D eigenvalue weighted by molar-refractivity contribution is 9.10. The average Bonchev–Trinajstić information content (AvgIpc) is 3.14. The number of thiophene rings is 1. The summed E-state index contributed by atoms with van der Waals surface area (Å²) in [6.07, 6.45) is 4.93. The Balaban J connectivity index is 1.49. The van der Waals surface area contributed by atoms with Gasteiger partial charge in [0.2, 0.25) is 0 Å². The molecule has 3 nitrogen and oxygen atoms in total. The van der Waals surface area contributed by atoms with Gasteiger partial charge >= 0.3 is 0 Å². The fourth-order valence-electron chi connectivity index (χ4n) is 4.16. The maximum absolute atomic E-state index is 9.80. The highest BCUT2D eigenvalue weighted by Gasteiger charge is 2.32. The van der Waals surface area contributed by atoms with Crippen molar-refractivity contribution in [2.45, 2.75) is 46.6 Å². The second-order valence-corrected chi connectivity index (χ2v) is 12.4. The number of aliphatic imine (C=N–C) groups is 1. The van der Waals surface area contributed by atoms with Crippen molar-refractivity contribution in [3.05, 3.63) is 78.0 Å². The zero-order valence-electron chi connectivity index (χ0n) is 19.3. The third-order valence-corrected chi connectivity index (χ3v) is 8.64. The molecular formula is C27H25BrCl2N2OS. The molecule has 0 spiro atoms. The largest absolute Gasteiger partial charge is 0.488 e. The van der Waals surface area contributed by atoms with Gasteiger partial charge in [0.05, 0.1) is 10.0 Å². The lowest BCUT2D eigenvalue weighted by Crippen LogP contribution is -2.26. The van der Waals surface area contributed by atoms with E-state index in [0.717, 1.165) is 45.4 Å². The molecule has 4 rings (SSSR count). The summed E-state index contributed by atoms with van der Waals surface area (Å²) in [6.45, 7) is 7.24. The molecule has 0 radical (unpaired) electrons. The molecule has 34 heavy (non-hydrogen) atoms. The van der Waals surface area contributed by atoms with E-state index in [0.29, 0.717) is 28.3 Å². The molecular weight excluding hydrogens is 551 g/mol. The van der Waals surface area contributed by atoms with E-state index in [1.807, 2.05) is 30.5 Å². The Labute approximate surface area is 223 Å². The molecule has 0 saturated heterocycles. The first kappa shape index (κ1) is 25.3. The number of nitrogens with zero attached hydrogens (tertiary/aromatic N) is 2. The Kier molecular flexibility index (Phi) is 7.74. The maximum atomic E-state index is 9.80. The van der Waals surface area contributed by atoms with Crippen molar-refractivity contribution in [2.75, 3.05) is 0 Å². The molecule has 1 aliphatic rings. The van der Waals surface area contributed by atoms with Gasteiger partial charge in [-0.3, -0.25) is 0 Å². The van der Waals surface area contributed by atoms with Crippen LogP contribution >= 0.6 is 50.5 Å². The number of halogens is 3. The summed E-state index contributed by atoms with van der Waals surface area (Å²) >= 11 is 17.4. The lowest BCUT2D eigenvalue weighted by atomic mass is 9.72. The normalized spacial score (nSPS) is 15.9. The minimum Gasteiger partial charge on any atom is -0.488 e. The summed E-state index contributed by atoms with van der Waals surface area (Å²) < 4.78 is 6.75. The van der Waals surface area contributed by atoms with Crippen LogP contribution in [0.4, 0.5) is 5.00 Å². The fraction of sp³-hybridized carbons (Fsp3) is 0.333. The van der Waals surface area contributed by atoms with Crippen LogP contribution in [-0.4, -0.2) is 6.21 Å². The second kappa shape index (κ2) is 10.4. The molecule has 1 aromatic heterocycles. The molecule has 1 aliphatic carbocycles. The lowest BCUT2D eigenvalue weighted by molar-refractivity contribution is 0.218. The molecule has 0 fully saturated rings. The molecule has 7 heteroatoms. The highest BCUT2D eigenvalue weighted by Crippen LogP contribution is 2.45. The van der Waals surface area contributed by atoms with Gasteiger partial charge in [0, 0.05) is 26.7 Å². The molecule has 1 heterocycles. The first-order valence-electron chi connectivity index (χ1n) is 11.1. The molecule has 0 unspecified atom stereocenters. The number of benzene rings is 2. The molecule has 0 amide bonds. The van der Waals surface area contributed by atoms with Crippen LogP contribution in [0.5, 0.6) is 5.75 Å². The van der Waals surface area contributed by atoms with E-state index in [1.54, 1.807) is 23.5 Å². The summed E-state index contributed by atoms with van der Waals surface area (Å²) in [5.74, 6) is 1.34. The molecule has 2 aromatic carbocycles. The number of ether oxygens (including phenoxy) is 1. The number of fused-ring (bicyclic) bond motifs is 1. The van der Waals surface area contributed by atoms with Gasteiger partial charge in [0.1, 0.15) is 23.4 Å². The van der Waals surface area contributed by atoms with Crippen molar-refractivity contribution in [1.29, 1.82) is 5.26 Å². The molecule has 3 aromatic rings. The van der Waals surface area contributed by atoms with E-state index in [4.69, 9.17) is 32.9 Å². The average molecular weight is 576 g/mol. The van der Waals surface area contributed by atoms with Gasteiger partial charge in [-0.1, -0.05) is 50.0 Å². The van der Waals surface area contributed by atoms with Crippen molar-refractivity contribution >= 4 is 61.7 Å². The van der Waals surface area contributed by atoms with E-state index in [-0.39, 0.29) is 5.41 Å². The van der Waals surface area contributed by atoms with Gasteiger partial charge in [-0.2, -0.15) is 5.26 Å². The predicted molar refractivity (Wildman–Crippen MR) is 146 cm³/mol. The van der Waals surface area contributed by atoms with Gasteiger partial charge < -0.3 is 4.74 Å². The summed E-state index contributed by atoms with van der Waals surface area (Å²) in [5.41, 5.74) is 4.00. The van der Waals surface area contributed by atoms with Gasteiger partial charge in [-0.15, -0.1) is 11.3 Å². The molecule has 0 N–H and O–H groups in total. The summed E-state index contributed by atoms with van der Waals surface area (Å²) in [6, 6.07) is 13.6. The summed E-state index contributed by atoms with van der Waals surface area (Å²) in [7, 11) is 0. The third kappa shape index (κ3) is 5.69. The quantitative estimate of drug-likeness (QED) is 0.285. The van der Waals surface area contributed by atoms with Crippen LogP contribution in [0.15, 0.2) is 45.9 Å². The van der Waals surface area contributed by atoms with E-state index < -0.39 is 0 Å². The van der Waals surface area contributed by atoms with Crippen molar-refractivity contribution in [3.63, 3.8) is 0 Å². The SMILES string of the molecule is CC(C)(C)[C@@H]1CCc2c(sc(N=Cc3ccc(OCc4ccc(Cl)cc4Cl)c(Br)c3)c2C#N)C1. The van der Waals surface area contributed by atoms with E-state index in [1.165, 1.54) is 10.4 Å². The Morgan fingerprint density at radius 1 is 1.24 bits per heavy atom. The minimum absolute atomic E-state index is 0.271. The van der Waals surface area contributed by atoms with Crippen LogP contribution in [0.2, 0.25) is 10.0 Å². The van der Waals surface area contributed by atoms with Gasteiger partial charge in [0.15, 0.2) is 0 Å². The topological polar surface area (TPSA) is 45.4 Å². The van der Waals surface area contributed by atoms with Gasteiger partial charge in [-0.05, 0) is 88.0 Å². The molecule has 176 valence electrons. The van der Waals surface area contributed by atoms with Crippen LogP contribution in [0.3, 0.4) is 0 Å². The van der Waals surface area contributed by atoms with Crippen LogP contribution in [0.1, 0.15) is 54.3 Å². The summed E-state index contributed by atoms with van der Waals surface area (Å²) in [5, 5.41) is 11.8. The first-order chi connectivity index (χ1) is 16.2. The van der Waals surface area contributed by atoms with Crippen molar-refractivity contribution in [1.82, 2.24) is 0 Å². The van der Waals surface area contributed by atoms with E-state index in [9.17, 15) is 5.26 Å². The zero-order chi connectivity index (χ0) is 24.5. The standard InChI is InChI=1S/C27H25BrCl2N2OS/c1-27(2,3)18-6-8-20-21(13-31)26(34-25(20)11-18)32-14-16-4-9-24(22(28)10-16)33-15-17-5-7-19(29)12-23(17)30/h4-5,7,9-10,12,14,18H,6,8,11,15H2,1-3H3/t18-/m1/s1. The highest BCUT2D eigenvalue weighted by atomic mass is 79.9. The maximum Gasteiger partial charge on any atom is 0.134 e. The van der Waals surface area contributed by atoms with Crippen molar-refractivity contribution in [2.24, 2.45) is 16.3 Å². The van der Waals surface area contributed by atoms with Crippen LogP contribution in [-0.2, 0) is 19.4 Å². The first-order valence-corrected chi connectivity index (χ1v) is 13.5. The zero-order valence-corrected chi connectivity index (χ0v) is 23.2. The third-order valence-electron chi connectivity index (χ3n) is 6.27. The van der Waals surface area contributed by atoms with Crippen molar-refractivity contribution < 1.29 is 4.74 Å². The van der Waals surface area contributed by atoms with Crippen LogP contribution in [0.25, 0.3) is 0 Å². The Bertz CT molecular complexity index is 1290. The number of hydrogen-bond acceptors (Lipinski definition) is 4. The Morgan fingerprint density at radius 3 is 2.71 bits per heavy atom. The van der Waals surface area contributed by atoms with E-state index >= 15 is 0 Å². The smallest absolute Gasteiger partial charge is 0.134 e. The van der Waals surface area contributed by atoms with Crippen LogP contribution in [0, 0.1) is 22.7 Å². The number of hydrogen-bond donors (Lipinski definition) is 0. The molecule has 1 atom stereocenters. The monoisotopic (exact) mass is 574 g/mol. The molecule has 0 saturated carbocycles. The number of nitriles is 1. The number of rotatable bonds is 5. The Morgan fingerprint density at radius 2 is 2.03 bits per heavy atom. The van der Waals surface area contributed by atoms with E-state index in [2.05, 4.69) is 42.8 Å². The summed E-state index contributed by atoms with van der Waals surface area (Å²) in [4.78, 5) is 6.02. The molecule has 0 bridgehead atoms. The minimum atomic E-state index is 0.271. The van der Waals surface area contributed by atoms with Crippen LogP contribution < -0.4 is 4.74 Å². The fourth-order valence-corrected chi connectivity index (χ4v) is 6.35. The van der Waals surface area contributed by atoms with Crippen molar-refractivity contribution in [3.8, 4) is 11.8 Å². The predicted octanol–water partition coefficient (Wildman–Crippen LogP) is 9.17. The lowest BCUT2D eigenvalue weighted by Gasteiger charge is -2.33. The van der Waals surface area contributed by atoms with Gasteiger partial charge in [-0.25, -0.2) is 4.99 Å². The van der Waals surface area contributed by atoms with Gasteiger partial charge in [0.25, 0.3) is 0 Å². The molecule has 0 aliphatic heterocycles.